The second-order valence-electron chi connectivity index (χ2n) is 5.06. The summed E-state index contributed by atoms with van der Waals surface area (Å²) >= 11 is 0. The van der Waals surface area contributed by atoms with E-state index >= 15 is 0 Å². The van der Waals surface area contributed by atoms with Crippen molar-refractivity contribution in [3.8, 4) is 11.5 Å². The topological polar surface area (TPSA) is 61.6 Å². The third-order valence-corrected chi connectivity index (χ3v) is 5.21. The van der Waals surface area contributed by atoms with Crippen molar-refractivity contribution in [2.75, 3.05) is 0 Å². The number of unbranched alkanes of at least 4 members (excludes halogenated alkanes) is 1. The molecule has 0 radical (unpaired) electrons. The van der Waals surface area contributed by atoms with Crippen LogP contribution in [0.15, 0.2) is 60.7 Å². The Morgan fingerprint density at radius 2 is 1.41 bits per heavy atom. The minimum Gasteiger partial charge on any atom is -0.415 e. The van der Waals surface area contributed by atoms with E-state index < -0.39 is 13.4 Å². The molecule has 4 nitrogen and oxygen atoms in total. The maximum absolute atomic E-state index is 13.2. The van der Waals surface area contributed by atoms with Crippen molar-refractivity contribution in [1.29, 1.82) is 0 Å². The molecule has 0 aliphatic heterocycles. The predicted octanol–water partition coefficient (Wildman–Crippen LogP) is 4.81. The molecular weight excluding hydrogens is 297 g/mol. The molecule has 0 spiro atoms. The lowest BCUT2D eigenvalue weighted by Crippen LogP contribution is -2.25. The number of benzene rings is 2. The van der Waals surface area contributed by atoms with E-state index in [4.69, 9.17) is 14.8 Å². The molecular formula is C17H22NO3P. The SMILES string of the molecule is CCCCC(N)P(=O)(Oc1ccccc1)Oc1ccccc1. The van der Waals surface area contributed by atoms with Crippen LogP contribution in [0.3, 0.4) is 0 Å². The number of para-hydroxylation sites is 2. The fourth-order valence-corrected chi connectivity index (χ4v) is 3.62. The van der Waals surface area contributed by atoms with Crippen molar-refractivity contribution < 1.29 is 13.6 Å². The molecule has 22 heavy (non-hydrogen) atoms. The first-order valence-corrected chi connectivity index (χ1v) is 9.10. The third-order valence-electron chi connectivity index (χ3n) is 3.21. The van der Waals surface area contributed by atoms with Gasteiger partial charge in [0.1, 0.15) is 17.3 Å². The monoisotopic (exact) mass is 319 g/mol. The molecule has 0 aliphatic rings. The van der Waals surface area contributed by atoms with Gasteiger partial charge in [0.05, 0.1) is 0 Å². The zero-order chi connectivity index (χ0) is 15.8. The highest BCUT2D eigenvalue weighted by Gasteiger charge is 2.36. The lowest BCUT2D eigenvalue weighted by molar-refractivity contribution is 0.367. The molecule has 0 saturated heterocycles. The second-order valence-corrected chi connectivity index (χ2v) is 7.17. The van der Waals surface area contributed by atoms with E-state index in [9.17, 15) is 4.57 Å². The highest BCUT2D eigenvalue weighted by atomic mass is 31.2. The summed E-state index contributed by atoms with van der Waals surface area (Å²) < 4.78 is 24.5. The van der Waals surface area contributed by atoms with Crippen molar-refractivity contribution in [2.45, 2.75) is 32.0 Å². The molecule has 1 unspecified atom stereocenters. The first-order chi connectivity index (χ1) is 10.6. The summed E-state index contributed by atoms with van der Waals surface area (Å²) in [7, 11) is -3.51. The first kappa shape index (κ1) is 16.6. The van der Waals surface area contributed by atoms with Crippen LogP contribution in [0.25, 0.3) is 0 Å². The average Bonchev–Trinajstić information content (AvgIpc) is 2.54. The third kappa shape index (κ3) is 4.62. The fourth-order valence-electron chi connectivity index (χ4n) is 1.98. The smallest absolute Gasteiger partial charge is 0.415 e. The lowest BCUT2D eigenvalue weighted by Gasteiger charge is -2.25. The zero-order valence-corrected chi connectivity index (χ0v) is 13.6. The van der Waals surface area contributed by atoms with Gasteiger partial charge in [0.2, 0.25) is 0 Å². The number of hydrogen-bond acceptors (Lipinski definition) is 4. The lowest BCUT2D eigenvalue weighted by atomic mass is 10.2. The second kappa shape index (κ2) is 8.02. The Bertz CT molecular complexity index is 558. The predicted molar refractivity (Wildman–Crippen MR) is 89.2 cm³/mol. The molecule has 2 aromatic rings. The maximum Gasteiger partial charge on any atom is 0.447 e. The van der Waals surface area contributed by atoms with E-state index in [1.165, 1.54) is 0 Å². The van der Waals surface area contributed by atoms with Gasteiger partial charge in [0.25, 0.3) is 0 Å². The number of nitrogens with two attached hydrogens (primary N) is 1. The van der Waals surface area contributed by atoms with Crippen LogP contribution in [0.2, 0.25) is 0 Å². The molecule has 118 valence electrons. The number of hydrogen-bond donors (Lipinski definition) is 1. The van der Waals surface area contributed by atoms with Crippen LogP contribution >= 0.6 is 7.60 Å². The quantitative estimate of drug-likeness (QED) is 0.709. The average molecular weight is 319 g/mol. The molecule has 0 heterocycles. The van der Waals surface area contributed by atoms with E-state index in [1.54, 1.807) is 24.3 Å². The Morgan fingerprint density at radius 3 is 1.82 bits per heavy atom. The minimum absolute atomic E-state index is 0.494. The van der Waals surface area contributed by atoms with Gasteiger partial charge in [0, 0.05) is 0 Å². The molecule has 5 heteroatoms. The van der Waals surface area contributed by atoms with Gasteiger partial charge in [-0.1, -0.05) is 56.2 Å². The Balaban J connectivity index is 2.21. The van der Waals surface area contributed by atoms with E-state index in [2.05, 4.69) is 6.92 Å². The van der Waals surface area contributed by atoms with Crippen LogP contribution in [0.4, 0.5) is 0 Å². The zero-order valence-electron chi connectivity index (χ0n) is 12.7. The summed E-state index contributed by atoms with van der Waals surface area (Å²) in [5, 5.41) is 0. The van der Waals surface area contributed by atoms with Crippen LogP contribution < -0.4 is 14.8 Å². The Labute approximate surface area is 131 Å². The Kier molecular flexibility index (Phi) is 6.05. The highest BCUT2D eigenvalue weighted by Crippen LogP contribution is 2.52. The Hall–Kier alpha value is -1.77. The summed E-state index contributed by atoms with van der Waals surface area (Å²) in [6.07, 6.45) is 2.44. The van der Waals surface area contributed by atoms with E-state index in [1.807, 2.05) is 36.4 Å². The van der Waals surface area contributed by atoms with Gasteiger partial charge in [-0.25, -0.2) is 4.57 Å². The van der Waals surface area contributed by atoms with Gasteiger partial charge < -0.3 is 14.8 Å². The van der Waals surface area contributed by atoms with E-state index in [-0.39, 0.29) is 0 Å². The highest BCUT2D eigenvalue weighted by molar-refractivity contribution is 7.55. The van der Waals surface area contributed by atoms with Crippen LogP contribution in [-0.2, 0) is 4.57 Å². The van der Waals surface area contributed by atoms with Gasteiger partial charge in [0.15, 0.2) is 0 Å². The summed E-state index contributed by atoms with van der Waals surface area (Å²) in [5.74, 6) is 0.329. The molecule has 0 amide bonds. The molecule has 0 aromatic heterocycles. The molecule has 0 saturated carbocycles. The van der Waals surface area contributed by atoms with Crippen molar-refractivity contribution in [2.24, 2.45) is 5.73 Å². The molecule has 0 bridgehead atoms. The first-order valence-electron chi connectivity index (χ1n) is 7.48. The van der Waals surface area contributed by atoms with Crippen LogP contribution in [0.5, 0.6) is 11.5 Å². The maximum atomic E-state index is 13.2. The van der Waals surface area contributed by atoms with Gasteiger partial charge in [-0.15, -0.1) is 0 Å². The Morgan fingerprint density at radius 1 is 0.955 bits per heavy atom. The molecule has 2 aromatic carbocycles. The van der Waals surface area contributed by atoms with E-state index in [0.717, 1.165) is 12.8 Å². The van der Waals surface area contributed by atoms with Crippen molar-refractivity contribution in [1.82, 2.24) is 0 Å². The summed E-state index contributed by atoms with van der Waals surface area (Å²) in [4.78, 5) is 0. The number of rotatable bonds is 8. The summed E-state index contributed by atoms with van der Waals surface area (Å²) in [5.41, 5.74) is 6.12. The normalized spacial score (nSPS) is 12.6. The summed E-state index contributed by atoms with van der Waals surface area (Å²) in [6.45, 7) is 2.06. The van der Waals surface area contributed by atoms with E-state index in [0.29, 0.717) is 17.9 Å². The standard InChI is InChI=1S/C17H22NO3P/c1-2-3-14-17(18)22(19,20-15-10-6-4-7-11-15)21-16-12-8-5-9-13-16/h4-13,17H,2-3,14,18H2,1H3. The minimum atomic E-state index is -3.51. The van der Waals surface area contributed by atoms with Gasteiger partial charge in [-0.2, -0.15) is 0 Å². The van der Waals surface area contributed by atoms with Crippen LogP contribution in [-0.4, -0.2) is 5.78 Å². The van der Waals surface area contributed by atoms with Crippen LogP contribution in [0.1, 0.15) is 26.2 Å². The fraction of sp³-hybridized carbons (Fsp3) is 0.294. The van der Waals surface area contributed by atoms with Crippen molar-refractivity contribution >= 4 is 7.60 Å². The van der Waals surface area contributed by atoms with Gasteiger partial charge >= 0.3 is 7.60 Å². The van der Waals surface area contributed by atoms with Crippen LogP contribution in [0, 0.1) is 0 Å². The van der Waals surface area contributed by atoms with Gasteiger partial charge in [-0.3, -0.25) is 0 Å². The largest absolute Gasteiger partial charge is 0.447 e. The molecule has 0 aliphatic carbocycles. The summed E-state index contributed by atoms with van der Waals surface area (Å²) in [6, 6.07) is 18.0. The molecule has 2 N–H and O–H groups in total. The van der Waals surface area contributed by atoms with Crippen molar-refractivity contribution in [3.63, 3.8) is 0 Å². The molecule has 2 rings (SSSR count). The van der Waals surface area contributed by atoms with Gasteiger partial charge in [-0.05, 0) is 30.7 Å². The molecule has 1 atom stereocenters. The van der Waals surface area contributed by atoms with Crippen molar-refractivity contribution in [3.05, 3.63) is 60.7 Å². The molecule has 0 fully saturated rings.